The lowest BCUT2D eigenvalue weighted by atomic mass is 9.87. The van der Waals surface area contributed by atoms with E-state index in [0.29, 0.717) is 0 Å². The van der Waals surface area contributed by atoms with E-state index in [4.69, 9.17) is 5.73 Å². The van der Waals surface area contributed by atoms with Gasteiger partial charge in [-0.25, -0.2) is 0 Å². The van der Waals surface area contributed by atoms with Crippen molar-refractivity contribution >= 4 is 22.6 Å². The lowest BCUT2D eigenvalue weighted by molar-refractivity contribution is 0.567. The van der Waals surface area contributed by atoms with E-state index in [9.17, 15) is 0 Å². The molecule has 0 bridgehead atoms. The summed E-state index contributed by atoms with van der Waals surface area (Å²) < 4.78 is 1.35. The average molecular weight is 287 g/mol. The third kappa shape index (κ3) is 1.74. The van der Waals surface area contributed by atoms with E-state index >= 15 is 0 Å². The van der Waals surface area contributed by atoms with Gasteiger partial charge in [0.1, 0.15) is 0 Å². The molecule has 0 radical (unpaired) electrons. The van der Waals surface area contributed by atoms with E-state index in [1.807, 2.05) is 0 Å². The van der Waals surface area contributed by atoms with Crippen LogP contribution in [0.15, 0.2) is 12.1 Å². The maximum Gasteiger partial charge on any atom is 0.0308 e. The lowest BCUT2D eigenvalue weighted by Crippen LogP contribution is -2.19. The van der Waals surface area contributed by atoms with E-state index in [0.717, 1.165) is 6.42 Å². The second kappa shape index (κ2) is 3.58. The summed E-state index contributed by atoms with van der Waals surface area (Å²) >= 11 is 2.40. The van der Waals surface area contributed by atoms with Crippen molar-refractivity contribution in [3.05, 3.63) is 32.4 Å². The van der Waals surface area contributed by atoms with E-state index in [1.54, 1.807) is 0 Å². The van der Waals surface area contributed by atoms with Crippen molar-refractivity contribution in [3.63, 3.8) is 0 Å². The third-order valence-electron chi connectivity index (χ3n) is 2.69. The monoisotopic (exact) mass is 287 g/mol. The fraction of sp³-hybridized carbons (Fsp3) is 0.455. The first-order chi connectivity index (χ1) is 6.18. The highest BCUT2D eigenvalue weighted by Gasteiger charge is 2.19. The molecule has 0 saturated heterocycles. The van der Waals surface area contributed by atoms with Crippen molar-refractivity contribution in [1.82, 2.24) is 0 Å². The Labute approximate surface area is 92.9 Å². The van der Waals surface area contributed by atoms with Crippen LogP contribution in [0, 0.1) is 10.5 Å². The number of halogens is 1. The van der Waals surface area contributed by atoms with Gasteiger partial charge in [-0.1, -0.05) is 6.07 Å². The highest BCUT2D eigenvalue weighted by atomic mass is 127. The largest absolute Gasteiger partial charge is 0.324 e. The Balaban J connectivity index is 2.56. The van der Waals surface area contributed by atoms with Gasteiger partial charge in [-0.15, -0.1) is 0 Å². The molecule has 0 amide bonds. The van der Waals surface area contributed by atoms with Crippen LogP contribution in [0.4, 0.5) is 0 Å². The molecule has 1 aromatic rings. The summed E-state index contributed by atoms with van der Waals surface area (Å²) in [4.78, 5) is 0. The molecule has 2 rings (SSSR count). The van der Waals surface area contributed by atoms with Crippen LogP contribution in [-0.2, 0) is 6.42 Å². The molecule has 1 nitrogen and oxygen atoms in total. The molecule has 1 aliphatic rings. The standard InChI is InChI=1S/C11H14IN/c1-7-5-8-3-2-4-10(13)11(8)9(12)6-7/h5-6,10H,2-4,13H2,1H3/t10-/m0/s1. The van der Waals surface area contributed by atoms with Crippen LogP contribution in [0.3, 0.4) is 0 Å². The van der Waals surface area contributed by atoms with Crippen LogP contribution >= 0.6 is 22.6 Å². The number of hydrogen-bond acceptors (Lipinski definition) is 1. The summed E-state index contributed by atoms with van der Waals surface area (Å²) in [6.07, 6.45) is 3.60. The van der Waals surface area contributed by atoms with Gasteiger partial charge in [-0.05, 0) is 71.5 Å². The highest BCUT2D eigenvalue weighted by Crippen LogP contribution is 2.32. The number of aryl methyl sites for hydroxylation is 2. The Morgan fingerprint density at radius 2 is 2.23 bits per heavy atom. The number of nitrogens with two attached hydrogens (primary N) is 1. The predicted molar refractivity (Wildman–Crippen MR) is 63.8 cm³/mol. The van der Waals surface area contributed by atoms with Gasteiger partial charge in [-0.3, -0.25) is 0 Å². The fourth-order valence-electron chi connectivity index (χ4n) is 2.10. The molecule has 0 spiro atoms. The number of fused-ring (bicyclic) bond motifs is 1. The van der Waals surface area contributed by atoms with Gasteiger partial charge in [0.05, 0.1) is 0 Å². The zero-order valence-corrected chi connectivity index (χ0v) is 9.97. The zero-order chi connectivity index (χ0) is 9.42. The molecule has 13 heavy (non-hydrogen) atoms. The quantitative estimate of drug-likeness (QED) is 0.729. The third-order valence-corrected chi connectivity index (χ3v) is 3.58. The Bertz CT molecular complexity index is 333. The molecule has 2 heteroatoms. The summed E-state index contributed by atoms with van der Waals surface area (Å²) in [6.45, 7) is 2.16. The van der Waals surface area contributed by atoms with Crippen molar-refractivity contribution in [2.75, 3.05) is 0 Å². The minimum atomic E-state index is 0.274. The number of benzene rings is 1. The van der Waals surface area contributed by atoms with Gasteiger partial charge >= 0.3 is 0 Å². The van der Waals surface area contributed by atoms with Crippen LogP contribution in [0.25, 0.3) is 0 Å². The predicted octanol–water partition coefficient (Wildman–Crippen LogP) is 2.94. The van der Waals surface area contributed by atoms with Gasteiger partial charge in [0.2, 0.25) is 0 Å². The van der Waals surface area contributed by atoms with Crippen LogP contribution in [0.2, 0.25) is 0 Å². The Kier molecular flexibility index (Phi) is 2.60. The average Bonchev–Trinajstić information content (AvgIpc) is 2.02. The van der Waals surface area contributed by atoms with E-state index in [1.165, 1.54) is 33.1 Å². The van der Waals surface area contributed by atoms with E-state index < -0.39 is 0 Å². The van der Waals surface area contributed by atoms with Crippen LogP contribution < -0.4 is 5.73 Å². The molecule has 1 aromatic carbocycles. The van der Waals surface area contributed by atoms with E-state index in [2.05, 4.69) is 41.6 Å². The molecule has 1 aliphatic carbocycles. The summed E-state index contributed by atoms with van der Waals surface area (Å²) in [6, 6.07) is 4.79. The van der Waals surface area contributed by atoms with Gasteiger partial charge in [-0.2, -0.15) is 0 Å². The summed E-state index contributed by atoms with van der Waals surface area (Å²) in [5, 5.41) is 0. The fourth-order valence-corrected chi connectivity index (χ4v) is 3.34. The maximum absolute atomic E-state index is 6.09. The van der Waals surface area contributed by atoms with Gasteiger partial charge in [0.15, 0.2) is 0 Å². The minimum Gasteiger partial charge on any atom is -0.324 e. The molecule has 1 atom stereocenters. The zero-order valence-electron chi connectivity index (χ0n) is 7.81. The van der Waals surface area contributed by atoms with Crippen molar-refractivity contribution in [1.29, 1.82) is 0 Å². The summed E-state index contributed by atoms with van der Waals surface area (Å²) in [5.41, 5.74) is 10.3. The van der Waals surface area contributed by atoms with Crippen LogP contribution in [0.5, 0.6) is 0 Å². The SMILES string of the molecule is Cc1cc(I)c2c(c1)CCC[C@@H]2N. The van der Waals surface area contributed by atoms with Crippen molar-refractivity contribution in [2.45, 2.75) is 32.2 Å². The van der Waals surface area contributed by atoms with Gasteiger partial charge in [0.25, 0.3) is 0 Å². The first kappa shape index (κ1) is 9.46. The number of hydrogen-bond donors (Lipinski definition) is 1. The number of rotatable bonds is 0. The molecule has 0 aliphatic heterocycles. The van der Waals surface area contributed by atoms with E-state index in [-0.39, 0.29) is 6.04 Å². The molecule has 0 heterocycles. The molecule has 0 fully saturated rings. The Morgan fingerprint density at radius 1 is 1.46 bits per heavy atom. The molecular formula is C11H14IN. The van der Waals surface area contributed by atoms with Gasteiger partial charge < -0.3 is 5.73 Å². The summed E-state index contributed by atoms with van der Waals surface area (Å²) in [7, 11) is 0. The second-order valence-electron chi connectivity index (χ2n) is 3.82. The van der Waals surface area contributed by atoms with Crippen molar-refractivity contribution in [3.8, 4) is 0 Å². The second-order valence-corrected chi connectivity index (χ2v) is 4.98. The molecule has 0 saturated carbocycles. The topological polar surface area (TPSA) is 26.0 Å². The molecule has 2 N–H and O–H groups in total. The normalized spacial score (nSPS) is 21.3. The van der Waals surface area contributed by atoms with Crippen LogP contribution in [-0.4, -0.2) is 0 Å². The molecular weight excluding hydrogens is 273 g/mol. The first-order valence-electron chi connectivity index (χ1n) is 4.73. The first-order valence-corrected chi connectivity index (χ1v) is 5.81. The highest BCUT2D eigenvalue weighted by molar-refractivity contribution is 14.1. The molecule has 70 valence electrons. The summed E-state index contributed by atoms with van der Waals surface area (Å²) in [5.74, 6) is 0. The maximum atomic E-state index is 6.09. The van der Waals surface area contributed by atoms with Crippen molar-refractivity contribution < 1.29 is 0 Å². The van der Waals surface area contributed by atoms with Crippen molar-refractivity contribution in [2.24, 2.45) is 5.73 Å². The molecule has 0 unspecified atom stereocenters. The Hall–Kier alpha value is -0.0900. The van der Waals surface area contributed by atoms with Gasteiger partial charge in [0, 0.05) is 9.61 Å². The minimum absolute atomic E-state index is 0.274. The molecule has 0 aromatic heterocycles. The Morgan fingerprint density at radius 3 is 3.00 bits per heavy atom. The smallest absolute Gasteiger partial charge is 0.0308 e. The van der Waals surface area contributed by atoms with Crippen LogP contribution in [0.1, 0.15) is 35.6 Å². The lowest BCUT2D eigenvalue weighted by Gasteiger charge is -2.24.